The van der Waals surface area contributed by atoms with Gasteiger partial charge in [-0.2, -0.15) is 0 Å². The lowest BCUT2D eigenvalue weighted by molar-refractivity contribution is 0.0950. The van der Waals surface area contributed by atoms with Gasteiger partial charge in [-0.25, -0.2) is 0 Å². The van der Waals surface area contributed by atoms with Crippen molar-refractivity contribution < 1.29 is 4.79 Å². The average Bonchev–Trinajstić information content (AvgIpc) is 2.61. The number of halogens is 1. The Hall–Kier alpha value is -1.00. The van der Waals surface area contributed by atoms with E-state index in [1.165, 1.54) is 0 Å². The predicted octanol–water partition coefficient (Wildman–Crippen LogP) is 1.47. The molecule has 92 valence electrons. The molecule has 1 aromatic rings. The van der Waals surface area contributed by atoms with Gasteiger partial charge in [0.2, 0.25) is 0 Å². The van der Waals surface area contributed by atoms with E-state index in [0.29, 0.717) is 12.6 Å². The first kappa shape index (κ1) is 15.0. The van der Waals surface area contributed by atoms with Crippen LogP contribution in [0.5, 0.6) is 0 Å². The van der Waals surface area contributed by atoms with E-state index in [-0.39, 0.29) is 18.3 Å². The molecule has 0 spiro atoms. The predicted molar refractivity (Wildman–Crippen MR) is 68.2 cm³/mol. The number of aryl methyl sites for hydroxylation is 1. The summed E-state index contributed by atoms with van der Waals surface area (Å²) in [6.07, 6.45) is 1.78. The molecule has 16 heavy (non-hydrogen) atoms. The van der Waals surface area contributed by atoms with Crippen LogP contribution in [0.25, 0.3) is 0 Å². The molecule has 1 amide bonds. The maximum Gasteiger partial charge on any atom is 0.253 e. The number of aromatic nitrogens is 1. The first-order valence-electron chi connectivity index (χ1n) is 5.30. The van der Waals surface area contributed by atoms with Gasteiger partial charge in [-0.15, -0.1) is 12.4 Å². The minimum atomic E-state index is -0.0153. The Morgan fingerprint density at radius 1 is 1.56 bits per heavy atom. The zero-order valence-corrected chi connectivity index (χ0v) is 10.8. The van der Waals surface area contributed by atoms with E-state index < -0.39 is 0 Å². The van der Waals surface area contributed by atoms with Gasteiger partial charge in [0, 0.05) is 24.5 Å². The molecule has 0 saturated carbocycles. The van der Waals surface area contributed by atoms with Crippen LogP contribution in [0.4, 0.5) is 0 Å². The highest BCUT2D eigenvalue weighted by atomic mass is 35.5. The van der Waals surface area contributed by atoms with E-state index in [4.69, 9.17) is 0 Å². The van der Waals surface area contributed by atoms with Crippen molar-refractivity contribution in [3.05, 3.63) is 23.5 Å². The third-order valence-electron chi connectivity index (χ3n) is 2.32. The van der Waals surface area contributed by atoms with Crippen molar-refractivity contribution in [2.75, 3.05) is 13.1 Å². The molecule has 0 aromatic carbocycles. The highest BCUT2D eigenvalue weighted by Gasteiger charge is 2.09. The summed E-state index contributed by atoms with van der Waals surface area (Å²) in [6.45, 7) is 7.56. The largest absolute Gasteiger partial charge is 0.365 e. The lowest BCUT2D eigenvalue weighted by Gasteiger charge is -2.12. The van der Waals surface area contributed by atoms with Crippen LogP contribution in [-0.2, 0) is 0 Å². The Kier molecular flexibility index (Phi) is 6.85. The molecule has 0 saturated heterocycles. The molecule has 0 unspecified atom stereocenters. The van der Waals surface area contributed by atoms with Gasteiger partial charge in [0.25, 0.3) is 5.91 Å². The number of likely N-dealkylation sites (N-methyl/N-ethyl adjacent to an activating group) is 1. The number of hydrogen-bond donors (Lipinski definition) is 3. The average molecular weight is 246 g/mol. The van der Waals surface area contributed by atoms with Gasteiger partial charge in [-0.1, -0.05) is 6.92 Å². The van der Waals surface area contributed by atoms with E-state index in [1.807, 2.05) is 13.8 Å². The summed E-state index contributed by atoms with van der Waals surface area (Å²) in [5, 5.41) is 6.13. The number of carbonyl (C=O) groups excluding carboxylic acids is 1. The zero-order chi connectivity index (χ0) is 11.3. The fraction of sp³-hybridized carbons (Fsp3) is 0.545. The SMILES string of the molecule is CCN[C@H](C)CNC(=O)c1cc[nH]c1C.Cl. The highest BCUT2D eigenvalue weighted by Crippen LogP contribution is 2.03. The van der Waals surface area contributed by atoms with Crippen molar-refractivity contribution >= 4 is 18.3 Å². The van der Waals surface area contributed by atoms with Crippen LogP contribution < -0.4 is 10.6 Å². The third-order valence-corrected chi connectivity index (χ3v) is 2.32. The van der Waals surface area contributed by atoms with Gasteiger partial charge in [0.1, 0.15) is 0 Å². The van der Waals surface area contributed by atoms with Crippen LogP contribution in [0.15, 0.2) is 12.3 Å². The molecule has 0 aliphatic carbocycles. The number of nitrogens with one attached hydrogen (secondary N) is 3. The second kappa shape index (κ2) is 7.30. The molecule has 1 heterocycles. The van der Waals surface area contributed by atoms with E-state index >= 15 is 0 Å². The zero-order valence-electron chi connectivity index (χ0n) is 9.96. The van der Waals surface area contributed by atoms with Crippen molar-refractivity contribution in [3.8, 4) is 0 Å². The van der Waals surface area contributed by atoms with Crippen LogP contribution in [0.1, 0.15) is 29.9 Å². The van der Waals surface area contributed by atoms with Crippen molar-refractivity contribution in [1.29, 1.82) is 0 Å². The van der Waals surface area contributed by atoms with Crippen molar-refractivity contribution in [1.82, 2.24) is 15.6 Å². The maximum absolute atomic E-state index is 11.7. The third kappa shape index (κ3) is 4.24. The Morgan fingerprint density at radius 3 is 2.75 bits per heavy atom. The number of carbonyl (C=O) groups is 1. The van der Waals surface area contributed by atoms with Gasteiger partial charge < -0.3 is 15.6 Å². The highest BCUT2D eigenvalue weighted by molar-refractivity contribution is 5.95. The summed E-state index contributed by atoms with van der Waals surface area (Å²) < 4.78 is 0. The van der Waals surface area contributed by atoms with E-state index in [0.717, 1.165) is 17.8 Å². The molecule has 0 bridgehead atoms. The molecule has 5 heteroatoms. The van der Waals surface area contributed by atoms with Crippen molar-refractivity contribution in [3.63, 3.8) is 0 Å². The Labute approximate surface area is 103 Å². The fourth-order valence-corrected chi connectivity index (χ4v) is 1.46. The molecule has 0 aliphatic heterocycles. The lowest BCUT2D eigenvalue weighted by Crippen LogP contribution is -2.38. The molecule has 3 N–H and O–H groups in total. The lowest BCUT2D eigenvalue weighted by atomic mass is 10.2. The van der Waals surface area contributed by atoms with Crippen molar-refractivity contribution in [2.24, 2.45) is 0 Å². The number of aromatic amines is 1. The molecular formula is C11H20ClN3O. The first-order chi connectivity index (χ1) is 7.15. The van der Waals surface area contributed by atoms with Crippen LogP contribution in [0.3, 0.4) is 0 Å². The van der Waals surface area contributed by atoms with E-state index in [9.17, 15) is 4.79 Å². The molecule has 1 aromatic heterocycles. The standard InChI is InChI=1S/C11H19N3O.ClH/c1-4-12-8(2)7-14-11(15)10-5-6-13-9(10)3;/h5-6,8,12-13H,4,7H2,1-3H3,(H,14,15);1H/t8-;/m1./s1. The number of H-pyrrole nitrogens is 1. The van der Waals surface area contributed by atoms with Gasteiger partial charge in [-0.3, -0.25) is 4.79 Å². The smallest absolute Gasteiger partial charge is 0.253 e. The fourth-order valence-electron chi connectivity index (χ4n) is 1.46. The summed E-state index contributed by atoms with van der Waals surface area (Å²) in [5.74, 6) is -0.0153. The Bertz CT molecular complexity index is 325. The van der Waals surface area contributed by atoms with Gasteiger partial charge in [0.15, 0.2) is 0 Å². The normalized spacial score (nSPS) is 11.7. The molecule has 4 nitrogen and oxygen atoms in total. The topological polar surface area (TPSA) is 56.9 Å². The number of amides is 1. The van der Waals surface area contributed by atoms with Crippen LogP contribution >= 0.6 is 12.4 Å². The van der Waals surface area contributed by atoms with Gasteiger partial charge >= 0.3 is 0 Å². The van der Waals surface area contributed by atoms with Crippen LogP contribution in [-0.4, -0.2) is 30.0 Å². The van der Waals surface area contributed by atoms with Gasteiger partial charge in [0.05, 0.1) is 5.56 Å². The van der Waals surface area contributed by atoms with Crippen molar-refractivity contribution in [2.45, 2.75) is 26.8 Å². The monoisotopic (exact) mass is 245 g/mol. The molecule has 0 radical (unpaired) electrons. The summed E-state index contributed by atoms with van der Waals surface area (Å²) in [7, 11) is 0. The molecule has 1 atom stereocenters. The molecular weight excluding hydrogens is 226 g/mol. The minimum absolute atomic E-state index is 0. The Morgan fingerprint density at radius 2 is 2.25 bits per heavy atom. The summed E-state index contributed by atoms with van der Waals surface area (Å²) >= 11 is 0. The van der Waals surface area contributed by atoms with E-state index in [1.54, 1.807) is 12.3 Å². The Balaban J connectivity index is 0.00000225. The second-order valence-corrected chi connectivity index (χ2v) is 3.69. The molecule has 1 rings (SSSR count). The summed E-state index contributed by atoms with van der Waals surface area (Å²) in [4.78, 5) is 14.7. The van der Waals surface area contributed by atoms with Crippen LogP contribution in [0, 0.1) is 6.92 Å². The minimum Gasteiger partial charge on any atom is -0.365 e. The maximum atomic E-state index is 11.7. The number of rotatable bonds is 5. The molecule has 0 fully saturated rings. The number of hydrogen-bond acceptors (Lipinski definition) is 2. The second-order valence-electron chi connectivity index (χ2n) is 3.69. The summed E-state index contributed by atoms with van der Waals surface area (Å²) in [5.41, 5.74) is 1.63. The quantitative estimate of drug-likeness (QED) is 0.736. The van der Waals surface area contributed by atoms with E-state index in [2.05, 4.69) is 22.5 Å². The first-order valence-corrected chi connectivity index (χ1v) is 5.30. The van der Waals surface area contributed by atoms with Crippen LogP contribution in [0.2, 0.25) is 0 Å². The molecule has 0 aliphatic rings. The van der Waals surface area contributed by atoms with Gasteiger partial charge in [-0.05, 0) is 26.5 Å². The summed E-state index contributed by atoms with van der Waals surface area (Å²) in [6, 6.07) is 2.10.